The molecule has 2 atom stereocenters. The molecular formula is C28H42N4O3. The van der Waals surface area contributed by atoms with Crippen LogP contribution in [-0.4, -0.2) is 63.1 Å². The molecule has 1 aliphatic heterocycles. The van der Waals surface area contributed by atoms with Crippen molar-refractivity contribution in [1.29, 1.82) is 0 Å². The van der Waals surface area contributed by atoms with Gasteiger partial charge in [0.2, 0.25) is 5.91 Å². The molecule has 1 aromatic carbocycles. The van der Waals surface area contributed by atoms with E-state index in [1.807, 2.05) is 30.0 Å². The predicted molar refractivity (Wildman–Crippen MR) is 138 cm³/mol. The quantitative estimate of drug-likeness (QED) is 0.482. The van der Waals surface area contributed by atoms with Crippen LogP contribution in [0.5, 0.6) is 0 Å². The van der Waals surface area contributed by atoms with Crippen LogP contribution in [0.25, 0.3) is 11.0 Å². The van der Waals surface area contributed by atoms with Gasteiger partial charge >= 0.3 is 6.09 Å². The van der Waals surface area contributed by atoms with E-state index in [9.17, 15) is 9.59 Å². The second kappa shape index (κ2) is 11.9. The Morgan fingerprint density at radius 3 is 2.60 bits per heavy atom. The number of carbonyl (C=O) groups is 2. The standard InChI is InChI=1S/C28H42N4O3/c1-4-19-35-28(34)32-20-22(16-15-21(32)3)27-29-24-13-9-10-14-25(24)31(27)18-17-26(33)30(5-2)23-11-7-6-8-12-23/h9-10,13-14,21-23H,4-8,11-12,15-20H2,1-3H3. The number of imidazole rings is 1. The SMILES string of the molecule is CCCOC(=O)N1CC(c2nc3ccccc3n2CCC(=O)N(CC)C2CCCCC2)CCC1C. The van der Waals surface area contributed by atoms with E-state index >= 15 is 0 Å². The summed E-state index contributed by atoms with van der Waals surface area (Å²) in [5, 5.41) is 0. The van der Waals surface area contributed by atoms with Crippen LogP contribution in [-0.2, 0) is 16.1 Å². The second-order valence-corrected chi connectivity index (χ2v) is 10.2. The Bertz CT molecular complexity index is 997. The Labute approximate surface area is 209 Å². The van der Waals surface area contributed by atoms with E-state index in [0.29, 0.717) is 32.2 Å². The molecule has 1 saturated heterocycles. The van der Waals surface area contributed by atoms with Crippen LogP contribution in [0.4, 0.5) is 4.79 Å². The largest absolute Gasteiger partial charge is 0.449 e. The average Bonchev–Trinajstić information content (AvgIpc) is 3.26. The van der Waals surface area contributed by atoms with Gasteiger partial charge < -0.3 is 19.1 Å². The van der Waals surface area contributed by atoms with Crippen molar-refractivity contribution in [3.63, 3.8) is 0 Å². The van der Waals surface area contributed by atoms with Gasteiger partial charge in [-0.25, -0.2) is 9.78 Å². The van der Waals surface area contributed by atoms with E-state index in [4.69, 9.17) is 9.72 Å². The predicted octanol–water partition coefficient (Wildman–Crippen LogP) is 5.72. The summed E-state index contributed by atoms with van der Waals surface area (Å²) >= 11 is 0. The van der Waals surface area contributed by atoms with E-state index in [0.717, 1.165) is 55.5 Å². The number of aryl methyl sites for hydroxylation is 1. The highest BCUT2D eigenvalue weighted by Gasteiger charge is 2.33. The number of aromatic nitrogens is 2. The number of ether oxygens (including phenoxy) is 1. The van der Waals surface area contributed by atoms with Crippen LogP contribution < -0.4 is 0 Å². The van der Waals surface area contributed by atoms with Crippen molar-refractivity contribution in [3.05, 3.63) is 30.1 Å². The maximum atomic E-state index is 13.3. The molecule has 2 aliphatic rings. The summed E-state index contributed by atoms with van der Waals surface area (Å²) in [5.74, 6) is 1.36. The number of carbonyl (C=O) groups excluding carboxylic acids is 2. The molecule has 2 fully saturated rings. The van der Waals surface area contributed by atoms with Crippen molar-refractivity contribution < 1.29 is 14.3 Å². The number of hydrogen-bond acceptors (Lipinski definition) is 4. The molecule has 1 aliphatic carbocycles. The first-order valence-electron chi connectivity index (χ1n) is 13.7. The van der Waals surface area contributed by atoms with Crippen LogP contribution >= 0.6 is 0 Å². The molecule has 35 heavy (non-hydrogen) atoms. The molecule has 7 nitrogen and oxygen atoms in total. The van der Waals surface area contributed by atoms with Gasteiger partial charge in [-0.3, -0.25) is 4.79 Å². The number of rotatable bonds is 8. The van der Waals surface area contributed by atoms with Crippen molar-refractivity contribution in [2.24, 2.45) is 0 Å². The van der Waals surface area contributed by atoms with Crippen LogP contribution in [0.2, 0.25) is 0 Å². The van der Waals surface area contributed by atoms with Gasteiger partial charge in [-0.1, -0.05) is 38.3 Å². The summed E-state index contributed by atoms with van der Waals surface area (Å²) in [7, 11) is 0. The second-order valence-electron chi connectivity index (χ2n) is 10.2. The Morgan fingerprint density at radius 1 is 1.09 bits per heavy atom. The number of piperidine rings is 1. The zero-order valence-corrected chi connectivity index (χ0v) is 21.7. The Morgan fingerprint density at radius 2 is 1.86 bits per heavy atom. The van der Waals surface area contributed by atoms with Gasteiger partial charge in [-0.05, 0) is 58.1 Å². The highest BCUT2D eigenvalue weighted by Crippen LogP contribution is 2.32. The molecule has 0 radical (unpaired) electrons. The molecule has 2 unspecified atom stereocenters. The van der Waals surface area contributed by atoms with E-state index in [2.05, 4.69) is 29.4 Å². The number of likely N-dealkylation sites (tertiary alicyclic amines) is 1. The van der Waals surface area contributed by atoms with Gasteiger partial charge in [0.15, 0.2) is 0 Å². The Balaban J connectivity index is 1.53. The van der Waals surface area contributed by atoms with Crippen molar-refractivity contribution in [2.75, 3.05) is 19.7 Å². The topological polar surface area (TPSA) is 67.7 Å². The molecule has 2 heterocycles. The summed E-state index contributed by atoms with van der Waals surface area (Å²) in [5.41, 5.74) is 2.02. The van der Waals surface area contributed by atoms with Gasteiger partial charge in [0.05, 0.1) is 17.6 Å². The van der Waals surface area contributed by atoms with Gasteiger partial charge in [0.1, 0.15) is 5.82 Å². The summed E-state index contributed by atoms with van der Waals surface area (Å²) in [6, 6.07) is 8.72. The first kappa shape index (κ1) is 25.5. The minimum atomic E-state index is -0.229. The molecule has 1 aromatic heterocycles. The molecule has 192 valence electrons. The number of para-hydroxylation sites is 2. The fraction of sp³-hybridized carbons (Fsp3) is 0.679. The zero-order chi connectivity index (χ0) is 24.8. The van der Waals surface area contributed by atoms with Gasteiger partial charge in [0, 0.05) is 44.1 Å². The highest BCUT2D eigenvalue weighted by atomic mass is 16.6. The molecular weight excluding hydrogens is 440 g/mol. The van der Waals surface area contributed by atoms with Gasteiger partial charge in [-0.15, -0.1) is 0 Å². The van der Waals surface area contributed by atoms with Crippen LogP contribution in [0.1, 0.15) is 90.3 Å². The smallest absolute Gasteiger partial charge is 0.410 e. The molecule has 0 N–H and O–H groups in total. The van der Waals surface area contributed by atoms with Crippen molar-refractivity contribution in [3.8, 4) is 0 Å². The maximum Gasteiger partial charge on any atom is 0.410 e. The van der Waals surface area contributed by atoms with Crippen LogP contribution in [0, 0.1) is 0 Å². The molecule has 0 spiro atoms. The third-order valence-corrected chi connectivity index (χ3v) is 7.82. The Hall–Kier alpha value is -2.57. The molecule has 2 amide bonds. The number of nitrogens with zero attached hydrogens (tertiary/aromatic N) is 4. The van der Waals surface area contributed by atoms with Gasteiger partial charge in [0.25, 0.3) is 0 Å². The third kappa shape index (κ3) is 5.81. The lowest BCUT2D eigenvalue weighted by molar-refractivity contribution is -0.134. The number of amides is 2. The normalized spacial score (nSPS) is 21.3. The summed E-state index contributed by atoms with van der Waals surface area (Å²) in [4.78, 5) is 35.0. The van der Waals surface area contributed by atoms with E-state index in [1.165, 1.54) is 19.3 Å². The monoisotopic (exact) mass is 482 g/mol. The van der Waals surface area contributed by atoms with Crippen LogP contribution in [0.3, 0.4) is 0 Å². The van der Waals surface area contributed by atoms with Crippen molar-refractivity contribution in [2.45, 2.75) is 103 Å². The lowest BCUT2D eigenvalue weighted by atomic mass is 9.93. The summed E-state index contributed by atoms with van der Waals surface area (Å²) in [6.07, 6.45) is 8.94. The first-order valence-corrected chi connectivity index (χ1v) is 13.7. The molecule has 2 aromatic rings. The number of benzene rings is 1. The lowest BCUT2D eigenvalue weighted by Gasteiger charge is -2.37. The number of hydrogen-bond donors (Lipinski definition) is 0. The fourth-order valence-corrected chi connectivity index (χ4v) is 5.87. The summed E-state index contributed by atoms with van der Waals surface area (Å²) < 4.78 is 7.69. The molecule has 4 rings (SSSR count). The van der Waals surface area contributed by atoms with E-state index in [1.54, 1.807) is 0 Å². The maximum absolute atomic E-state index is 13.3. The average molecular weight is 483 g/mol. The molecule has 1 saturated carbocycles. The third-order valence-electron chi connectivity index (χ3n) is 7.82. The summed E-state index contributed by atoms with van der Waals surface area (Å²) in [6.45, 7) is 8.63. The van der Waals surface area contributed by atoms with Crippen LogP contribution in [0.15, 0.2) is 24.3 Å². The molecule has 0 bridgehead atoms. The highest BCUT2D eigenvalue weighted by molar-refractivity contribution is 5.78. The first-order chi connectivity index (χ1) is 17.0. The van der Waals surface area contributed by atoms with Crippen molar-refractivity contribution in [1.82, 2.24) is 19.4 Å². The number of fused-ring (bicyclic) bond motifs is 1. The van der Waals surface area contributed by atoms with E-state index < -0.39 is 0 Å². The molecule has 7 heteroatoms. The minimum absolute atomic E-state index is 0.128. The Kier molecular flexibility index (Phi) is 8.69. The zero-order valence-electron chi connectivity index (χ0n) is 21.7. The van der Waals surface area contributed by atoms with E-state index in [-0.39, 0.29) is 24.0 Å². The van der Waals surface area contributed by atoms with Crippen molar-refractivity contribution >= 4 is 23.0 Å². The lowest BCUT2D eigenvalue weighted by Crippen LogP contribution is -2.45. The minimum Gasteiger partial charge on any atom is -0.449 e. The fourth-order valence-electron chi connectivity index (χ4n) is 5.87. The van der Waals surface area contributed by atoms with Gasteiger partial charge in [-0.2, -0.15) is 0 Å².